The van der Waals surface area contributed by atoms with Crippen LogP contribution in [-0.2, 0) is 6.54 Å². The molecule has 0 radical (unpaired) electrons. The van der Waals surface area contributed by atoms with Crippen molar-refractivity contribution in [2.24, 2.45) is 11.8 Å². The summed E-state index contributed by atoms with van der Waals surface area (Å²) in [5.41, 5.74) is 0.541. The van der Waals surface area contributed by atoms with Gasteiger partial charge >= 0.3 is 0 Å². The maximum Gasteiger partial charge on any atom is 0.176 e. The lowest BCUT2D eigenvalue weighted by atomic mass is 9.98. The fourth-order valence-electron chi connectivity index (χ4n) is 1.45. The van der Waals surface area contributed by atoms with Crippen molar-refractivity contribution in [1.29, 1.82) is 10.5 Å². The van der Waals surface area contributed by atoms with E-state index in [9.17, 15) is 0 Å². The van der Waals surface area contributed by atoms with Crippen LogP contribution in [0.3, 0.4) is 0 Å². The van der Waals surface area contributed by atoms with E-state index in [0.717, 1.165) is 5.75 Å². The van der Waals surface area contributed by atoms with Crippen molar-refractivity contribution < 1.29 is 0 Å². The molecule has 0 aromatic carbocycles. The summed E-state index contributed by atoms with van der Waals surface area (Å²) < 4.78 is 1.74. The van der Waals surface area contributed by atoms with Gasteiger partial charge in [0.05, 0.1) is 6.33 Å². The maximum atomic E-state index is 8.96. The molecular formula is C11H14N4S. The fraction of sp³-hybridized carbons (Fsp3) is 0.545. The number of aromatic nitrogens is 2. The molecule has 1 heterocycles. The molecule has 0 N–H and O–H groups in total. The Balaban J connectivity index is 2.94. The third-order valence-electron chi connectivity index (χ3n) is 2.66. The summed E-state index contributed by atoms with van der Waals surface area (Å²) in [6.07, 6.45) is 1.55. The predicted octanol–water partition coefficient (Wildman–Crippen LogP) is 1.83. The Morgan fingerprint density at radius 2 is 2.12 bits per heavy atom. The normalized spacial score (nSPS) is 12.1. The molecule has 0 fully saturated rings. The van der Waals surface area contributed by atoms with Crippen LogP contribution in [0.4, 0.5) is 0 Å². The molecular weight excluding hydrogens is 220 g/mol. The van der Waals surface area contributed by atoms with Crippen molar-refractivity contribution in [3.8, 4) is 12.1 Å². The molecule has 0 aliphatic heterocycles. The first-order valence-electron chi connectivity index (χ1n) is 5.10. The van der Waals surface area contributed by atoms with E-state index in [1.54, 1.807) is 10.9 Å². The highest BCUT2D eigenvalue weighted by Gasteiger charge is 2.16. The Kier molecular flexibility index (Phi) is 4.39. The summed E-state index contributed by atoms with van der Waals surface area (Å²) in [5, 5.41) is 17.7. The van der Waals surface area contributed by atoms with E-state index < -0.39 is 0 Å². The van der Waals surface area contributed by atoms with Crippen LogP contribution in [0.1, 0.15) is 25.2 Å². The second kappa shape index (κ2) is 5.58. The molecule has 0 saturated heterocycles. The Bertz CT molecular complexity index is 436. The molecule has 1 aromatic heterocycles. The lowest BCUT2D eigenvalue weighted by molar-refractivity contribution is 0.371. The van der Waals surface area contributed by atoms with Gasteiger partial charge in [0, 0.05) is 6.54 Å². The molecule has 16 heavy (non-hydrogen) atoms. The first kappa shape index (κ1) is 12.6. The average molecular weight is 234 g/mol. The van der Waals surface area contributed by atoms with Crippen LogP contribution in [-0.4, -0.2) is 15.3 Å². The Morgan fingerprint density at radius 3 is 2.56 bits per heavy atom. The van der Waals surface area contributed by atoms with Crippen molar-refractivity contribution in [2.45, 2.75) is 20.4 Å². The zero-order valence-corrected chi connectivity index (χ0v) is 10.3. The molecule has 0 saturated carbocycles. The first-order valence-corrected chi connectivity index (χ1v) is 5.73. The van der Waals surface area contributed by atoms with E-state index in [0.29, 0.717) is 24.1 Å². The first-order chi connectivity index (χ1) is 7.63. The second-order valence-electron chi connectivity index (χ2n) is 4.00. The summed E-state index contributed by atoms with van der Waals surface area (Å²) in [6, 6.07) is 3.93. The molecule has 0 aliphatic carbocycles. The number of rotatable bonds is 4. The fourth-order valence-corrected chi connectivity index (χ4v) is 1.99. The van der Waals surface area contributed by atoms with Gasteiger partial charge in [0.2, 0.25) is 0 Å². The number of imidazole rings is 1. The molecule has 4 nitrogen and oxygen atoms in total. The third-order valence-corrected chi connectivity index (χ3v) is 3.13. The summed E-state index contributed by atoms with van der Waals surface area (Å²) in [5.74, 6) is 1.61. The van der Waals surface area contributed by atoms with E-state index in [2.05, 4.69) is 31.5 Å². The lowest BCUT2D eigenvalue weighted by Gasteiger charge is -2.19. The predicted molar refractivity (Wildman–Crippen MR) is 63.8 cm³/mol. The molecule has 0 bridgehead atoms. The Labute approximate surface area is 101 Å². The highest BCUT2D eigenvalue weighted by molar-refractivity contribution is 7.80. The summed E-state index contributed by atoms with van der Waals surface area (Å²) in [6.45, 7) is 4.92. The Hall–Kier alpha value is -1.46. The zero-order chi connectivity index (χ0) is 12.1. The SMILES string of the molecule is CC(C)C(CS)Cn1cnc(C#N)c1C#N. The minimum absolute atomic E-state index is 0.198. The van der Waals surface area contributed by atoms with Gasteiger partial charge in [-0.15, -0.1) is 0 Å². The molecule has 1 rings (SSSR count). The zero-order valence-electron chi connectivity index (χ0n) is 9.38. The maximum absolute atomic E-state index is 8.96. The van der Waals surface area contributed by atoms with Crippen molar-refractivity contribution in [1.82, 2.24) is 9.55 Å². The summed E-state index contributed by atoms with van der Waals surface area (Å²) in [7, 11) is 0. The smallest absolute Gasteiger partial charge is 0.176 e. The summed E-state index contributed by atoms with van der Waals surface area (Å²) in [4.78, 5) is 3.91. The van der Waals surface area contributed by atoms with E-state index in [-0.39, 0.29) is 5.69 Å². The van der Waals surface area contributed by atoms with Crippen LogP contribution in [0.5, 0.6) is 0 Å². The molecule has 0 aliphatic rings. The average Bonchev–Trinajstić information content (AvgIpc) is 2.67. The molecule has 84 valence electrons. The number of nitriles is 2. The van der Waals surface area contributed by atoms with Gasteiger partial charge in [0.1, 0.15) is 12.1 Å². The minimum Gasteiger partial charge on any atom is -0.321 e. The Morgan fingerprint density at radius 1 is 1.44 bits per heavy atom. The van der Waals surface area contributed by atoms with Gasteiger partial charge in [-0.05, 0) is 17.6 Å². The quantitative estimate of drug-likeness (QED) is 0.808. The van der Waals surface area contributed by atoms with Gasteiger partial charge in [-0.2, -0.15) is 23.2 Å². The molecule has 0 spiro atoms. The minimum atomic E-state index is 0.198. The van der Waals surface area contributed by atoms with Gasteiger partial charge in [-0.1, -0.05) is 13.8 Å². The number of nitrogens with zero attached hydrogens (tertiary/aromatic N) is 4. The molecule has 5 heteroatoms. The third kappa shape index (κ3) is 2.56. The highest BCUT2D eigenvalue weighted by Crippen LogP contribution is 2.17. The molecule has 1 atom stereocenters. The number of hydrogen-bond acceptors (Lipinski definition) is 4. The van der Waals surface area contributed by atoms with Gasteiger partial charge in [0.25, 0.3) is 0 Å². The van der Waals surface area contributed by atoms with Crippen molar-refractivity contribution in [3.05, 3.63) is 17.7 Å². The van der Waals surface area contributed by atoms with E-state index in [1.165, 1.54) is 0 Å². The van der Waals surface area contributed by atoms with Gasteiger partial charge in [-0.25, -0.2) is 4.98 Å². The molecule has 0 amide bonds. The van der Waals surface area contributed by atoms with Crippen LogP contribution >= 0.6 is 12.6 Å². The van der Waals surface area contributed by atoms with Crippen molar-refractivity contribution >= 4 is 12.6 Å². The van der Waals surface area contributed by atoms with Crippen LogP contribution in [0.2, 0.25) is 0 Å². The molecule has 1 unspecified atom stereocenters. The van der Waals surface area contributed by atoms with Crippen LogP contribution in [0.15, 0.2) is 6.33 Å². The van der Waals surface area contributed by atoms with Crippen LogP contribution in [0, 0.1) is 34.5 Å². The standard InChI is InChI=1S/C11H14N4S/c1-8(2)9(6-16)5-15-7-14-10(3-12)11(15)4-13/h7-9,16H,5-6H2,1-2H3. The largest absolute Gasteiger partial charge is 0.321 e. The number of thiol groups is 1. The van der Waals surface area contributed by atoms with E-state index in [1.807, 2.05) is 12.1 Å². The lowest BCUT2D eigenvalue weighted by Crippen LogP contribution is -2.18. The monoisotopic (exact) mass is 234 g/mol. The van der Waals surface area contributed by atoms with Crippen LogP contribution < -0.4 is 0 Å². The van der Waals surface area contributed by atoms with Crippen molar-refractivity contribution in [3.63, 3.8) is 0 Å². The van der Waals surface area contributed by atoms with Gasteiger partial charge in [0.15, 0.2) is 11.4 Å². The van der Waals surface area contributed by atoms with Gasteiger partial charge < -0.3 is 4.57 Å². The highest BCUT2D eigenvalue weighted by atomic mass is 32.1. The van der Waals surface area contributed by atoms with Gasteiger partial charge in [-0.3, -0.25) is 0 Å². The van der Waals surface area contributed by atoms with Crippen molar-refractivity contribution in [2.75, 3.05) is 5.75 Å². The number of hydrogen-bond donors (Lipinski definition) is 1. The van der Waals surface area contributed by atoms with Crippen LogP contribution in [0.25, 0.3) is 0 Å². The summed E-state index contributed by atoms with van der Waals surface area (Å²) >= 11 is 4.30. The topological polar surface area (TPSA) is 65.4 Å². The van der Waals surface area contributed by atoms with E-state index >= 15 is 0 Å². The molecule has 1 aromatic rings. The second-order valence-corrected chi connectivity index (χ2v) is 4.37. The van der Waals surface area contributed by atoms with E-state index in [4.69, 9.17) is 10.5 Å².